The molecule has 4 nitrogen and oxygen atoms in total. The fraction of sp³-hybridized carbons (Fsp3) is 0.909. The largest absolute Gasteiger partial charge is 0.466 e. The van der Waals surface area contributed by atoms with E-state index in [1.807, 2.05) is 6.92 Å². The van der Waals surface area contributed by atoms with E-state index in [0.717, 1.165) is 6.54 Å². The van der Waals surface area contributed by atoms with E-state index in [4.69, 9.17) is 10.5 Å². The molecule has 3 N–H and O–H groups in total. The summed E-state index contributed by atoms with van der Waals surface area (Å²) in [7, 11) is 0. The van der Waals surface area contributed by atoms with Crippen LogP contribution in [0.5, 0.6) is 0 Å². The van der Waals surface area contributed by atoms with E-state index in [-0.39, 0.29) is 5.97 Å². The standard InChI is InChI=1S/C11H22N2O2/c1-2-15-11(14)6-7-13-10-5-3-4-9(10)8-12/h9-10,13H,2-8,12H2,1H3. The lowest BCUT2D eigenvalue weighted by atomic mass is 10.0. The molecule has 1 rings (SSSR count). The summed E-state index contributed by atoms with van der Waals surface area (Å²) in [6.07, 6.45) is 4.11. The average Bonchev–Trinajstić information content (AvgIpc) is 2.66. The molecule has 2 unspecified atom stereocenters. The molecule has 0 heterocycles. The van der Waals surface area contributed by atoms with Gasteiger partial charge in [-0.15, -0.1) is 0 Å². The molecule has 88 valence electrons. The summed E-state index contributed by atoms with van der Waals surface area (Å²) in [5, 5.41) is 3.39. The van der Waals surface area contributed by atoms with Crippen LogP contribution in [0.15, 0.2) is 0 Å². The number of hydrogen-bond acceptors (Lipinski definition) is 4. The minimum atomic E-state index is -0.118. The van der Waals surface area contributed by atoms with E-state index in [0.29, 0.717) is 31.5 Å². The third kappa shape index (κ3) is 4.18. The van der Waals surface area contributed by atoms with Crippen molar-refractivity contribution in [2.24, 2.45) is 11.7 Å². The maximum atomic E-state index is 11.1. The molecule has 4 heteroatoms. The second kappa shape index (κ2) is 6.80. The van der Waals surface area contributed by atoms with Crippen molar-refractivity contribution < 1.29 is 9.53 Å². The SMILES string of the molecule is CCOC(=O)CCNC1CCCC1CN. The van der Waals surface area contributed by atoms with E-state index in [1.165, 1.54) is 19.3 Å². The Bertz CT molecular complexity index is 197. The highest BCUT2D eigenvalue weighted by molar-refractivity contribution is 5.69. The zero-order valence-electron chi connectivity index (χ0n) is 9.50. The first-order valence-corrected chi connectivity index (χ1v) is 5.87. The maximum Gasteiger partial charge on any atom is 0.307 e. The van der Waals surface area contributed by atoms with Gasteiger partial charge in [0.25, 0.3) is 0 Å². The van der Waals surface area contributed by atoms with Crippen molar-refractivity contribution in [3.05, 3.63) is 0 Å². The lowest BCUT2D eigenvalue weighted by Crippen LogP contribution is -2.37. The highest BCUT2D eigenvalue weighted by Crippen LogP contribution is 2.24. The average molecular weight is 214 g/mol. The van der Waals surface area contributed by atoms with Gasteiger partial charge in [0.05, 0.1) is 13.0 Å². The van der Waals surface area contributed by atoms with Gasteiger partial charge in [-0.05, 0) is 32.2 Å². The Labute approximate surface area is 91.5 Å². The summed E-state index contributed by atoms with van der Waals surface area (Å²) < 4.78 is 4.86. The minimum absolute atomic E-state index is 0.118. The molecule has 1 fully saturated rings. The summed E-state index contributed by atoms with van der Waals surface area (Å²) in [4.78, 5) is 11.1. The molecule has 0 aliphatic heterocycles. The van der Waals surface area contributed by atoms with Gasteiger partial charge < -0.3 is 15.8 Å². The van der Waals surface area contributed by atoms with E-state index in [9.17, 15) is 4.79 Å². The maximum absolute atomic E-state index is 11.1. The molecule has 15 heavy (non-hydrogen) atoms. The molecular formula is C11H22N2O2. The van der Waals surface area contributed by atoms with E-state index < -0.39 is 0 Å². The Kier molecular flexibility index (Phi) is 5.65. The van der Waals surface area contributed by atoms with Crippen molar-refractivity contribution in [3.63, 3.8) is 0 Å². The number of esters is 1. The van der Waals surface area contributed by atoms with Crippen LogP contribution >= 0.6 is 0 Å². The van der Waals surface area contributed by atoms with Crippen molar-refractivity contribution >= 4 is 5.97 Å². The quantitative estimate of drug-likeness (QED) is 0.637. The van der Waals surface area contributed by atoms with Gasteiger partial charge in [-0.25, -0.2) is 0 Å². The molecule has 0 bridgehead atoms. The van der Waals surface area contributed by atoms with Crippen LogP contribution in [0.1, 0.15) is 32.6 Å². The third-order valence-corrected chi connectivity index (χ3v) is 3.00. The summed E-state index contributed by atoms with van der Waals surface area (Å²) >= 11 is 0. The molecular weight excluding hydrogens is 192 g/mol. The van der Waals surface area contributed by atoms with Gasteiger partial charge >= 0.3 is 5.97 Å². The van der Waals surface area contributed by atoms with Crippen molar-refractivity contribution in [2.75, 3.05) is 19.7 Å². The molecule has 0 saturated heterocycles. The monoisotopic (exact) mass is 214 g/mol. The van der Waals surface area contributed by atoms with Crippen LogP contribution in [0.25, 0.3) is 0 Å². The molecule has 1 aliphatic carbocycles. The van der Waals surface area contributed by atoms with Crippen LogP contribution in [0.4, 0.5) is 0 Å². The molecule has 0 aromatic heterocycles. The zero-order valence-corrected chi connectivity index (χ0v) is 9.50. The Balaban J connectivity index is 2.11. The topological polar surface area (TPSA) is 64.3 Å². The fourth-order valence-corrected chi connectivity index (χ4v) is 2.18. The third-order valence-electron chi connectivity index (χ3n) is 3.00. The van der Waals surface area contributed by atoms with Gasteiger partial charge in [0.15, 0.2) is 0 Å². The number of nitrogens with one attached hydrogen (secondary N) is 1. The lowest BCUT2D eigenvalue weighted by molar-refractivity contribution is -0.143. The molecule has 0 radical (unpaired) electrons. The predicted molar refractivity (Wildman–Crippen MR) is 59.4 cm³/mol. The summed E-state index contributed by atoms with van der Waals surface area (Å²) in [6, 6.07) is 0.504. The number of nitrogens with two attached hydrogens (primary N) is 1. The number of ether oxygens (including phenoxy) is 1. The first-order valence-electron chi connectivity index (χ1n) is 5.87. The van der Waals surface area contributed by atoms with Gasteiger partial charge in [-0.2, -0.15) is 0 Å². The predicted octanol–water partition coefficient (Wildman–Crippen LogP) is 0.657. The number of hydrogen-bond donors (Lipinski definition) is 2. The Morgan fingerprint density at radius 1 is 1.53 bits per heavy atom. The molecule has 0 aromatic carbocycles. The van der Waals surface area contributed by atoms with Gasteiger partial charge in [-0.3, -0.25) is 4.79 Å². The van der Waals surface area contributed by atoms with Crippen LogP contribution in [0, 0.1) is 5.92 Å². The summed E-state index contributed by atoms with van der Waals surface area (Å²) in [5.41, 5.74) is 5.67. The molecule has 1 aliphatic rings. The van der Waals surface area contributed by atoms with Crippen LogP contribution in [-0.2, 0) is 9.53 Å². The van der Waals surface area contributed by atoms with Gasteiger partial charge in [0, 0.05) is 12.6 Å². The fourth-order valence-electron chi connectivity index (χ4n) is 2.18. The molecule has 0 aromatic rings. The number of carbonyl (C=O) groups excluding carboxylic acids is 1. The number of carbonyl (C=O) groups is 1. The zero-order chi connectivity index (χ0) is 11.1. The van der Waals surface area contributed by atoms with Crippen LogP contribution in [0.2, 0.25) is 0 Å². The summed E-state index contributed by atoms with van der Waals surface area (Å²) in [5.74, 6) is 0.472. The van der Waals surface area contributed by atoms with Gasteiger partial charge in [0.1, 0.15) is 0 Å². The van der Waals surface area contributed by atoms with Crippen molar-refractivity contribution in [1.82, 2.24) is 5.32 Å². The molecule has 0 amide bonds. The van der Waals surface area contributed by atoms with Crippen LogP contribution in [0.3, 0.4) is 0 Å². The smallest absolute Gasteiger partial charge is 0.307 e. The van der Waals surface area contributed by atoms with Crippen molar-refractivity contribution in [3.8, 4) is 0 Å². The molecule has 0 spiro atoms. The normalized spacial score (nSPS) is 25.5. The second-order valence-electron chi connectivity index (χ2n) is 4.04. The first-order chi connectivity index (χ1) is 7.27. The van der Waals surface area contributed by atoms with E-state index in [2.05, 4.69) is 5.32 Å². The van der Waals surface area contributed by atoms with Crippen LogP contribution < -0.4 is 11.1 Å². The second-order valence-corrected chi connectivity index (χ2v) is 4.04. The van der Waals surface area contributed by atoms with Crippen molar-refractivity contribution in [1.29, 1.82) is 0 Å². The van der Waals surface area contributed by atoms with E-state index >= 15 is 0 Å². The van der Waals surface area contributed by atoms with E-state index in [1.54, 1.807) is 0 Å². The Morgan fingerprint density at radius 2 is 2.33 bits per heavy atom. The molecule has 1 saturated carbocycles. The first kappa shape index (κ1) is 12.5. The number of rotatable bonds is 6. The summed E-state index contributed by atoms with van der Waals surface area (Å²) in [6.45, 7) is 3.75. The molecule has 2 atom stereocenters. The van der Waals surface area contributed by atoms with Crippen LogP contribution in [-0.4, -0.2) is 31.7 Å². The van der Waals surface area contributed by atoms with Gasteiger partial charge in [-0.1, -0.05) is 6.42 Å². The van der Waals surface area contributed by atoms with Gasteiger partial charge in [0.2, 0.25) is 0 Å². The highest BCUT2D eigenvalue weighted by Gasteiger charge is 2.25. The van der Waals surface area contributed by atoms with Crippen molar-refractivity contribution in [2.45, 2.75) is 38.6 Å². The Morgan fingerprint density at radius 3 is 3.00 bits per heavy atom. The minimum Gasteiger partial charge on any atom is -0.466 e. The lowest BCUT2D eigenvalue weighted by Gasteiger charge is -2.19. The Hall–Kier alpha value is -0.610. The highest BCUT2D eigenvalue weighted by atomic mass is 16.5.